The molecule has 140 valence electrons. The largest absolute Gasteiger partial charge is 0.468 e. The minimum absolute atomic E-state index is 0.123. The van der Waals surface area contributed by atoms with Crippen LogP contribution < -0.4 is 4.90 Å². The van der Waals surface area contributed by atoms with Crippen LogP contribution in [0.15, 0.2) is 24.3 Å². The highest BCUT2D eigenvalue weighted by molar-refractivity contribution is 8.00. The molecule has 1 aromatic heterocycles. The number of methoxy groups -OCH3 is 1. The number of nitrogens with one attached hydrogen (secondary N) is 1. The Hall–Kier alpha value is -1.35. The monoisotopic (exact) mass is 413 g/mol. The summed E-state index contributed by atoms with van der Waals surface area (Å²) in [5, 5.41) is 5.32. The predicted molar refractivity (Wildman–Crippen MR) is 106 cm³/mol. The number of esters is 1. The average Bonchev–Trinajstić information content (AvgIpc) is 2.97. The number of benzene rings is 1. The van der Waals surface area contributed by atoms with Crippen molar-refractivity contribution in [2.24, 2.45) is 0 Å². The summed E-state index contributed by atoms with van der Waals surface area (Å²) in [6.07, 6.45) is 0. The lowest BCUT2D eigenvalue weighted by Crippen LogP contribution is -3.14. The topological polar surface area (TPSA) is 53.5 Å². The molecule has 6 nitrogen and oxygen atoms in total. The van der Waals surface area contributed by atoms with E-state index in [0.29, 0.717) is 23.0 Å². The van der Waals surface area contributed by atoms with Crippen LogP contribution in [-0.4, -0.2) is 51.5 Å². The summed E-state index contributed by atoms with van der Waals surface area (Å²) in [5.41, 5.74) is 0.984. The van der Waals surface area contributed by atoms with Crippen LogP contribution in [0.2, 0.25) is 5.02 Å². The summed E-state index contributed by atoms with van der Waals surface area (Å²) in [4.78, 5) is 13.1. The van der Waals surface area contributed by atoms with Crippen molar-refractivity contribution in [1.82, 2.24) is 14.3 Å². The van der Waals surface area contributed by atoms with Gasteiger partial charge in [0.2, 0.25) is 4.77 Å². The Bertz CT molecular complexity index is 834. The number of thioether (sulfide) groups is 1. The Labute approximate surface area is 167 Å². The lowest BCUT2D eigenvalue weighted by Gasteiger charge is -2.27. The molecular formula is C17H22ClN4O2S2+. The lowest BCUT2D eigenvalue weighted by atomic mass is 10.2. The first-order chi connectivity index (χ1) is 12.5. The molecule has 1 aliphatic heterocycles. The molecule has 9 heteroatoms. The van der Waals surface area contributed by atoms with Gasteiger partial charge in [0.15, 0.2) is 17.7 Å². The number of carbonyl (C=O) groups excluding carboxylic acids is 1. The molecule has 1 aromatic carbocycles. The zero-order valence-electron chi connectivity index (χ0n) is 14.8. The molecule has 0 saturated carbocycles. The Kier molecular flexibility index (Phi) is 6.39. The predicted octanol–water partition coefficient (Wildman–Crippen LogP) is 1.89. The van der Waals surface area contributed by atoms with Gasteiger partial charge in [-0.1, -0.05) is 11.6 Å². The smallest absolute Gasteiger partial charge is 0.324 e. The summed E-state index contributed by atoms with van der Waals surface area (Å²) in [6.45, 7) is 5.12. The quantitative estimate of drug-likeness (QED) is 0.599. The second kappa shape index (κ2) is 8.56. The molecule has 0 radical (unpaired) electrons. The molecule has 1 N–H and O–H groups in total. The number of aromatic nitrogens is 3. The molecule has 2 atom stereocenters. The average molecular weight is 414 g/mol. The minimum Gasteiger partial charge on any atom is -0.468 e. The van der Waals surface area contributed by atoms with Crippen molar-refractivity contribution in [2.45, 2.75) is 25.4 Å². The molecule has 26 heavy (non-hydrogen) atoms. The summed E-state index contributed by atoms with van der Waals surface area (Å²) in [6, 6.07) is 7.61. The molecule has 1 saturated heterocycles. The van der Waals surface area contributed by atoms with Crippen LogP contribution in [0, 0.1) is 4.77 Å². The van der Waals surface area contributed by atoms with Gasteiger partial charge in [-0.2, -0.15) is 4.68 Å². The summed E-state index contributed by atoms with van der Waals surface area (Å²) in [7, 11) is 1.44. The van der Waals surface area contributed by atoms with E-state index >= 15 is 0 Å². The van der Waals surface area contributed by atoms with E-state index in [0.717, 1.165) is 30.2 Å². The van der Waals surface area contributed by atoms with Crippen molar-refractivity contribution in [1.29, 1.82) is 0 Å². The highest BCUT2D eigenvalue weighted by Crippen LogP contribution is 2.20. The van der Waals surface area contributed by atoms with Crippen molar-refractivity contribution >= 4 is 41.6 Å². The van der Waals surface area contributed by atoms with Crippen LogP contribution in [0.25, 0.3) is 11.4 Å². The number of hydrogen-bond acceptors (Lipinski definition) is 5. The molecule has 0 aliphatic carbocycles. The fraction of sp³-hybridized carbons (Fsp3) is 0.471. The first-order valence-corrected chi connectivity index (χ1v) is 10.3. The van der Waals surface area contributed by atoms with Crippen molar-refractivity contribution < 1.29 is 14.4 Å². The highest BCUT2D eigenvalue weighted by atomic mass is 35.5. The minimum atomic E-state index is -0.156. The Morgan fingerprint density at radius 3 is 2.85 bits per heavy atom. The molecule has 0 amide bonds. The zero-order valence-corrected chi connectivity index (χ0v) is 17.2. The number of halogens is 1. The molecule has 1 aliphatic rings. The Morgan fingerprint density at radius 2 is 2.19 bits per heavy atom. The van der Waals surface area contributed by atoms with Crippen LogP contribution in [-0.2, 0) is 22.7 Å². The van der Waals surface area contributed by atoms with Gasteiger partial charge in [-0.15, -0.1) is 16.9 Å². The molecule has 2 heterocycles. The summed E-state index contributed by atoms with van der Waals surface area (Å²) >= 11 is 13.3. The maximum absolute atomic E-state index is 11.8. The van der Waals surface area contributed by atoms with E-state index in [1.807, 2.05) is 33.5 Å². The molecule has 1 fully saturated rings. The third kappa shape index (κ3) is 4.14. The number of hydrogen-bond donors (Lipinski definition) is 1. The van der Waals surface area contributed by atoms with Crippen LogP contribution in [0.3, 0.4) is 0 Å². The van der Waals surface area contributed by atoms with Gasteiger partial charge < -0.3 is 14.2 Å². The van der Waals surface area contributed by atoms with E-state index < -0.39 is 0 Å². The van der Waals surface area contributed by atoms with Crippen molar-refractivity contribution in [3.05, 3.63) is 34.1 Å². The van der Waals surface area contributed by atoms with Crippen LogP contribution in [0.5, 0.6) is 0 Å². The van der Waals surface area contributed by atoms with Crippen LogP contribution in [0.1, 0.15) is 6.92 Å². The standard InChI is InChI=1S/C17H21ClN4O2S2/c1-3-21-15(12-4-6-13(18)7-5-12)19-22(17(21)25)11-20-8-9-26-14(10-20)16(23)24-2/h4-7,14H,3,8-11H2,1-2H3/p+1/t14-/m0/s1. The number of rotatable bonds is 5. The fourth-order valence-electron chi connectivity index (χ4n) is 3.05. The van der Waals surface area contributed by atoms with Crippen molar-refractivity contribution in [3.63, 3.8) is 0 Å². The number of nitrogens with zero attached hydrogens (tertiary/aromatic N) is 3. The number of carbonyl (C=O) groups is 1. The molecule has 2 aromatic rings. The third-order valence-corrected chi connectivity index (χ3v) is 6.31. The number of ether oxygens (including phenoxy) is 1. The maximum Gasteiger partial charge on any atom is 0.324 e. The van der Waals surface area contributed by atoms with Gasteiger partial charge in [-0.05, 0) is 43.4 Å². The zero-order chi connectivity index (χ0) is 18.7. The summed E-state index contributed by atoms with van der Waals surface area (Å²) < 4.78 is 9.47. The Morgan fingerprint density at radius 1 is 1.46 bits per heavy atom. The molecule has 3 rings (SSSR count). The third-order valence-electron chi connectivity index (χ3n) is 4.43. The SMILES string of the molecule is CCn1c(-c2ccc(Cl)cc2)nn(C[NH+]2CCS[C@H](C(=O)OC)C2)c1=S. The van der Waals surface area contributed by atoms with Crippen molar-refractivity contribution in [3.8, 4) is 11.4 Å². The van der Waals surface area contributed by atoms with E-state index in [2.05, 4.69) is 6.92 Å². The maximum atomic E-state index is 11.8. The van der Waals surface area contributed by atoms with Gasteiger partial charge in [-0.3, -0.25) is 4.79 Å². The second-order valence-electron chi connectivity index (χ2n) is 6.10. The van der Waals surface area contributed by atoms with E-state index in [9.17, 15) is 4.79 Å². The highest BCUT2D eigenvalue weighted by Gasteiger charge is 2.30. The normalized spacial score (nSPS) is 20.1. The van der Waals surface area contributed by atoms with E-state index in [1.54, 1.807) is 11.8 Å². The lowest BCUT2D eigenvalue weighted by molar-refractivity contribution is -0.921. The molecule has 0 spiro atoms. The van der Waals surface area contributed by atoms with Gasteiger partial charge in [0.25, 0.3) is 0 Å². The van der Waals surface area contributed by atoms with Gasteiger partial charge in [0.05, 0.1) is 13.7 Å². The fourth-order valence-corrected chi connectivity index (χ4v) is 4.77. The molecule has 0 bridgehead atoms. The first kappa shape index (κ1) is 19.4. The van der Waals surface area contributed by atoms with Crippen LogP contribution in [0.4, 0.5) is 0 Å². The van der Waals surface area contributed by atoms with E-state index in [1.165, 1.54) is 12.0 Å². The van der Waals surface area contributed by atoms with Gasteiger partial charge in [0.1, 0.15) is 6.54 Å². The van der Waals surface area contributed by atoms with Gasteiger partial charge in [-0.25, -0.2) is 0 Å². The molecular weight excluding hydrogens is 392 g/mol. The van der Waals surface area contributed by atoms with Gasteiger partial charge in [0, 0.05) is 22.9 Å². The van der Waals surface area contributed by atoms with Crippen LogP contribution >= 0.6 is 35.6 Å². The number of quaternary nitrogens is 1. The van der Waals surface area contributed by atoms with E-state index in [4.69, 9.17) is 33.7 Å². The Balaban J connectivity index is 1.83. The van der Waals surface area contributed by atoms with Gasteiger partial charge >= 0.3 is 5.97 Å². The van der Waals surface area contributed by atoms with Crippen molar-refractivity contribution in [2.75, 3.05) is 26.0 Å². The molecule has 1 unspecified atom stereocenters. The second-order valence-corrected chi connectivity index (χ2v) is 8.21. The first-order valence-electron chi connectivity index (χ1n) is 8.50. The van der Waals surface area contributed by atoms with E-state index in [-0.39, 0.29) is 11.2 Å². The summed E-state index contributed by atoms with van der Waals surface area (Å²) in [5.74, 6) is 1.60.